The SMILES string of the molecule is COP(=O)(F)OC(F)CC(F)(F)F. The highest BCUT2D eigenvalue weighted by Crippen LogP contribution is 2.51. The maximum absolute atomic E-state index is 12.1. The third-order valence-corrected chi connectivity index (χ3v) is 1.77. The molecule has 0 bridgehead atoms. The molecule has 0 aromatic carbocycles. The molecule has 0 saturated carbocycles. The molecule has 80 valence electrons. The van der Waals surface area contributed by atoms with E-state index < -0.39 is 26.9 Å². The molecule has 0 rings (SSSR count). The molecule has 0 amide bonds. The Labute approximate surface area is 70.5 Å². The van der Waals surface area contributed by atoms with Crippen LogP contribution >= 0.6 is 7.91 Å². The third-order valence-electron chi connectivity index (χ3n) is 0.850. The van der Waals surface area contributed by atoms with E-state index in [1.54, 1.807) is 0 Å². The summed E-state index contributed by atoms with van der Waals surface area (Å²) in [6.45, 7) is 0. The van der Waals surface area contributed by atoms with E-state index in [2.05, 4.69) is 9.05 Å². The highest BCUT2D eigenvalue weighted by atomic mass is 31.2. The normalized spacial score (nSPS) is 19.5. The monoisotopic (exact) mass is 228 g/mol. The summed E-state index contributed by atoms with van der Waals surface area (Å²) in [5, 5.41) is 0. The largest absolute Gasteiger partial charge is 0.515 e. The topological polar surface area (TPSA) is 35.5 Å². The van der Waals surface area contributed by atoms with Gasteiger partial charge in [0.25, 0.3) is 0 Å². The Hall–Kier alpha value is -0.200. The minimum atomic E-state index is -5.19. The summed E-state index contributed by atoms with van der Waals surface area (Å²) in [5.41, 5.74) is 0. The van der Waals surface area contributed by atoms with Crippen LogP contribution < -0.4 is 0 Å². The molecule has 0 saturated heterocycles. The summed E-state index contributed by atoms with van der Waals surface area (Å²) in [6, 6.07) is 0. The van der Waals surface area contributed by atoms with Crippen LogP contribution in [0.4, 0.5) is 21.8 Å². The summed E-state index contributed by atoms with van der Waals surface area (Å²) in [7, 11) is -4.61. The van der Waals surface area contributed by atoms with Crippen LogP contribution in [0.5, 0.6) is 0 Å². The Morgan fingerprint density at radius 2 is 1.92 bits per heavy atom. The van der Waals surface area contributed by atoms with Crippen molar-refractivity contribution in [1.82, 2.24) is 0 Å². The van der Waals surface area contributed by atoms with Crippen molar-refractivity contribution < 1.29 is 35.4 Å². The highest BCUT2D eigenvalue weighted by molar-refractivity contribution is 7.48. The zero-order valence-electron chi connectivity index (χ0n) is 6.35. The third kappa shape index (κ3) is 6.92. The second kappa shape index (κ2) is 4.34. The van der Waals surface area contributed by atoms with Gasteiger partial charge in [-0.3, -0.25) is 4.52 Å². The molecular formula is C4H6F5O3P. The van der Waals surface area contributed by atoms with Crippen LogP contribution in [0.15, 0.2) is 0 Å². The molecule has 0 radical (unpaired) electrons. The van der Waals surface area contributed by atoms with Gasteiger partial charge in [-0.2, -0.15) is 13.2 Å². The summed E-state index contributed by atoms with van der Waals surface area (Å²) in [6.07, 6.45) is -9.92. The standard InChI is InChI=1S/C4H6F5O3P/c1-11-13(9,10)12-3(5)2-4(6,7)8/h3H,2H2,1H3. The summed E-state index contributed by atoms with van der Waals surface area (Å²) in [5.74, 6) is 0. The van der Waals surface area contributed by atoms with Crippen LogP contribution in [-0.4, -0.2) is 19.6 Å². The molecule has 0 aliphatic rings. The second-order valence-corrected chi connectivity index (χ2v) is 3.39. The van der Waals surface area contributed by atoms with Crippen LogP contribution in [-0.2, 0) is 13.6 Å². The van der Waals surface area contributed by atoms with Gasteiger partial charge < -0.3 is 0 Å². The molecule has 3 nitrogen and oxygen atoms in total. The molecule has 0 spiro atoms. The van der Waals surface area contributed by atoms with E-state index in [1.165, 1.54) is 0 Å². The summed E-state index contributed by atoms with van der Waals surface area (Å²) >= 11 is 0. The van der Waals surface area contributed by atoms with Crippen molar-refractivity contribution in [3.8, 4) is 0 Å². The molecular weight excluding hydrogens is 222 g/mol. The van der Waals surface area contributed by atoms with E-state index >= 15 is 0 Å². The fourth-order valence-electron chi connectivity index (χ4n) is 0.399. The Kier molecular flexibility index (Phi) is 4.28. The average Bonchev–Trinajstić information content (AvgIpc) is 1.81. The van der Waals surface area contributed by atoms with E-state index in [0.29, 0.717) is 7.11 Å². The van der Waals surface area contributed by atoms with E-state index in [9.17, 15) is 26.3 Å². The van der Waals surface area contributed by atoms with Gasteiger partial charge in [-0.25, -0.2) is 13.5 Å². The van der Waals surface area contributed by atoms with Crippen molar-refractivity contribution >= 4 is 7.91 Å². The molecule has 0 aliphatic carbocycles. The fraction of sp³-hybridized carbons (Fsp3) is 1.00. The first-order valence-electron chi connectivity index (χ1n) is 2.91. The van der Waals surface area contributed by atoms with E-state index in [-0.39, 0.29) is 0 Å². The van der Waals surface area contributed by atoms with Gasteiger partial charge in [-0.1, -0.05) is 0 Å². The summed E-state index contributed by atoms with van der Waals surface area (Å²) < 4.78 is 75.4. The Morgan fingerprint density at radius 1 is 1.46 bits per heavy atom. The van der Waals surface area contributed by atoms with Gasteiger partial charge in [0.2, 0.25) is 6.36 Å². The fourth-order valence-corrected chi connectivity index (χ4v) is 0.833. The van der Waals surface area contributed by atoms with Gasteiger partial charge in [-0.15, -0.1) is 4.20 Å². The lowest BCUT2D eigenvalue weighted by Gasteiger charge is -2.12. The Bertz CT molecular complexity index is 204. The van der Waals surface area contributed by atoms with Crippen molar-refractivity contribution in [2.45, 2.75) is 19.0 Å². The smallest absolute Gasteiger partial charge is 0.287 e. The summed E-state index contributed by atoms with van der Waals surface area (Å²) in [4.78, 5) is 0. The molecule has 0 aromatic rings. The zero-order chi connectivity index (χ0) is 10.7. The van der Waals surface area contributed by atoms with Gasteiger partial charge in [0.05, 0.1) is 0 Å². The predicted octanol–water partition coefficient (Wildman–Crippen LogP) is 2.98. The molecule has 0 heterocycles. The molecule has 2 atom stereocenters. The Balaban J connectivity index is 4.02. The van der Waals surface area contributed by atoms with Crippen LogP contribution in [0.2, 0.25) is 0 Å². The van der Waals surface area contributed by atoms with Crippen LogP contribution in [0.1, 0.15) is 6.42 Å². The predicted molar refractivity (Wildman–Crippen MR) is 32.4 cm³/mol. The van der Waals surface area contributed by atoms with Crippen LogP contribution in [0.3, 0.4) is 0 Å². The average molecular weight is 228 g/mol. The molecule has 9 heteroatoms. The van der Waals surface area contributed by atoms with Crippen molar-refractivity contribution in [3.63, 3.8) is 0 Å². The first-order chi connectivity index (χ1) is 5.66. The van der Waals surface area contributed by atoms with Gasteiger partial charge in [-0.05, 0) is 0 Å². The van der Waals surface area contributed by atoms with E-state index in [4.69, 9.17) is 0 Å². The first kappa shape index (κ1) is 12.8. The van der Waals surface area contributed by atoms with Crippen molar-refractivity contribution in [3.05, 3.63) is 0 Å². The number of hydrogen-bond acceptors (Lipinski definition) is 3. The lowest BCUT2D eigenvalue weighted by atomic mass is 10.4. The minimum Gasteiger partial charge on any atom is -0.287 e. The van der Waals surface area contributed by atoms with Crippen molar-refractivity contribution in [2.75, 3.05) is 7.11 Å². The van der Waals surface area contributed by atoms with Crippen molar-refractivity contribution in [1.29, 1.82) is 0 Å². The van der Waals surface area contributed by atoms with Crippen LogP contribution in [0, 0.1) is 0 Å². The number of hydrogen-bond donors (Lipinski definition) is 0. The quantitative estimate of drug-likeness (QED) is 0.548. The van der Waals surface area contributed by atoms with Crippen LogP contribution in [0.25, 0.3) is 0 Å². The maximum Gasteiger partial charge on any atom is 0.515 e. The lowest BCUT2D eigenvalue weighted by molar-refractivity contribution is -0.167. The Morgan fingerprint density at radius 3 is 2.23 bits per heavy atom. The lowest BCUT2D eigenvalue weighted by Crippen LogP contribution is -2.17. The van der Waals surface area contributed by atoms with Gasteiger partial charge in [0, 0.05) is 7.11 Å². The van der Waals surface area contributed by atoms with Gasteiger partial charge in [0.15, 0.2) is 0 Å². The highest BCUT2D eigenvalue weighted by Gasteiger charge is 2.37. The van der Waals surface area contributed by atoms with Gasteiger partial charge in [0.1, 0.15) is 6.42 Å². The molecule has 0 N–H and O–H groups in total. The van der Waals surface area contributed by atoms with Gasteiger partial charge >= 0.3 is 14.1 Å². The molecule has 0 fully saturated rings. The second-order valence-electron chi connectivity index (χ2n) is 1.95. The molecule has 0 aliphatic heterocycles. The number of alkyl halides is 4. The van der Waals surface area contributed by atoms with E-state index in [0.717, 1.165) is 0 Å². The maximum atomic E-state index is 12.1. The van der Waals surface area contributed by atoms with Crippen molar-refractivity contribution in [2.24, 2.45) is 0 Å². The molecule has 13 heavy (non-hydrogen) atoms. The van der Waals surface area contributed by atoms with E-state index in [1.807, 2.05) is 0 Å². The minimum absolute atomic E-state index is 0.584. The molecule has 0 aromatic heterocycles. The zero-order valence-corrected chi connectivity index (χ0v) is 7.24. The first-order valence-corrected chi connectivity index (χ1v) is 4.34. The molecule has 2 unspecified atom stereocenters. The number of rotatable bonds is 4. The number of halogens is 5.